The molecule has 0 fully saturated rings. The third kappa shape index (κ3) is 3.10. The second-order valence-electron chi connectivity index (χ2n) is 7.06. The van der Waals surface area contributed by atoms with Crippen molar-refractivity contribution in [2.75, 3.05) is 0 Å². The van der Waals surface area contributed by atoms with Crippen LogP contribution in [0.3, 0.4) is 0 Å². The van der Waals surface area contributed by atoms with Gasteiger partial charge in [-0.15, -0.1) is 0 Å². The first-order chi connectivity index (χ1) is 13.5. The zero-order valence-corrected chi connectivity index (χ0v) is 15.8. The van der Waals surface area contributed by atoms with Crippen molar-refractivity contribution in [3.63, 3.8) is 0 Å². The van der Waals surface area contributed by atoms with Gasteiger partial charge in [0.2, 0.25) is 0 Å². The molecule has 144 valence electrons. The van der Waals surface area contributed by atoms with E-state index in [1.54, 1.807) is 23.2 Å². The summed E-state index contributed by atoms with van der Waals surface area (Å²) in [5, 5.41) is 13.8. The first-order valence-corrected chi connectivity index (χ1v) is 9.11. The van der Waals surface area contributed by atoms with Crippen molar-refractivity contribution in [3.8, 4) is 0 Å². The molecule has 0 bridgehead atoms. The van der Waals surface area contributed by atoms with Crippen molar-refractivity contribution in [2.24, 2.45) is 14.1 Å². The van der Waals surface area contributed by atoms with Crippen molar-refractivity contribution >= 4 is 27.9 Å². The van der Waals surface area contributed by atoms with Crippen LogP contribution in [0.25, 0.3) is 21.9 Å². The van der Waals surface area contributed by atoms with Gasteiger partial charge in [-0.05, 0) is 29.3 Å². The summed E-state index contributed by atoms with van der Waals surface area (Å²) in [5.74, 6) is -0.890. The molecule has 0 spiro atoms. The molecule has 0 unspecified atom stereocenters. The molecule has 0 saturated carbocycles. The number of aryl methyl sites for hydroxylation is 2. The largest absolute Gasteiger partial charge is 0.480 e. The van der Waals surface area contributed by atoms with Crippen LogP contribution in [0.5, 0.6) is 0 Å². The maximum Gasteiger partial charge on any atom is 0.328 e. The van der Waals surface area contributed by atoms with E-state index < -0.39 is 12.0 Å². The molecule has 0 aliphatic rings. The minimum Gasteiger partial charge on any atom is -0.480 e. The van der Waals surface area contributed by atoms with E-state index in [9.17, 15) is 14.7 Å². The first kappa shape index (κ1) is 18.1. The van der Waals surface area contributed by atoms with Crippen LogP contribution in [-0.4, -0.2) is 31.2 Å². The van der Waals surface area contributed by atoms with Crippen LogP contribution in [-0.2, 0) is 31.9 Å². The van der Waals surface area contributed by atoms with E-state index in [0.29, 0.717) is 13.0 Å². The molecular formula is C21H22N4O3. The van der Waals surface area contributed by atoms with Gasteiger partial charge < -0.3 is 15.4 Å². The number of nitrogens with zero attached hydrogens (tertiary/aromatic N) is 2. The van der Waals surface area contributed by atoms with E-state index in [1.165, 1.54) is 0 Å². The van der Waals surface area contributed by atoms with E-state index in [2.05, 4.69) is 10.3 Å². The normalized spacial score (nSPS) is 12.6. The Bertz CT molecular complexity index is 1230. The molecule has 4 aromatic rings. The highest BCUT2D eigenvalue weighted by molar-refractivity contribution is 5.84. The molecule has 7 nitrogen and oxygen atoms in total. The summed E-state index contributed by atoms with van der Waals surface area (Å²) in [4.78, 5) is 27.0. The highest BCUT2D eigenvalue weighted by Gasteiger charge is 2.19. The SMILES string of the molecule is Cn1c(=O)n(C)c2cc(CN[C@@H](Cc3c[nH]c4ccccc34)C(=O)O)ccc21. The minimum atomic E-state index is -0.890. The van der Waals surface area contributed by atoms with Gasteiger partial charge in [0.15, 0.2) is 0 Å². The third-order valence-corrected chi connectivity index (χ3v) is 5.29. The fourth-order valence-corrected chi connectivity index (χ4v) is 3.67. The molecule has 0 amide bonds. The smallest absolute Gasteiger partial charge is 0.328 e. The van der Waals surface area contributed by atoms with Crippen molar-refractivity contribution in [3.05, 3.63) is 70.3 Å². The van der Waals surface area contributed by atoms with E-state index in [0.717, 1.165) is 33.1 Å². The highest BCUT2D eigenvalue weighted by atomic mass is 16.4. The lowest BCUT2D eigenvalue weighted by Gasteiger charge is -2.14. The lowest BCUT2D eigenvalue weighted by Crippen LogP contribution is -2.38. The number of imidazole rings is 1. The number of fused-ring (bicyclic) bond motifs is 2. The number of carbonyl (C=O) groups is 1. The molecule has 0 radical (unpaired) electrons. The summed E-state index contributed by atoms with van der Waals surface area (Å²) in [6, 6.07) is 12.9. The molecular weight excluding hydrogens is 356 g/mol. The number of carboxylic acid groups (broad SMARTS) is 1. The number of para-hydroxylation sites is 1. The van der Waals surface area contributed by atoms with Gasteiger partial charge in [-0.2, -0.15) is 0 Å². The maximum absolute atomic E-state index is 12.1. The highest BCUT2D eigenvalue weighted by Crippen LogP contribution is 2.19. The van der Waals surface area contributed by atoms with Gasteiger partial charge in [-0.25, -0.2) is 4.79 Å². The summed E-state index contributed by atoms with van der Waals surface area (Å²) in [6.45, 7) is 0.401. The summed E-state index contributed by atoms with van der Waals surface area (Å²) in [6.07, 6.45) is 2.25. The fraction of sp³-hybridized carbons (Fsp3) is 0.238. The molecule has 28 heavy (non-hydrogen) atoms. The van der Waals surface area contributed by atoms with Crippen molar-refractivity contribution in [1.82, 2.24) is 19.4 Å². The second-order valence-corrected chi connectivity index (χ2v) is 7.06. The minimum absolute atomic E-state index is 0.0807. The molecule has 4 rings (SSSR count). The number of aromatic amines is 1. The molecule has 2 heterocycles. The Hall–Kier alpha value is -3.32. The van der Waals surface area contributed by atoms with Crippen LogP contribution in [0.15, 0.2) is 53.5 Å². The van der Waals surface area contributed by atoms with Crippen molar-refractivity contribution < 1.29 is 9.90 Å². The Morgan fingerprint density at radius 2 is 1.89 bits per heavy atom. The van der Waals surface area contributed by atoms with Gasteiger partial charge in [0, 0.05) is 44.2 Å². The van der Waals surface area contributed by atoms with Crippen LogP contribution in [0, 0.1) is 0 Å². The summed E-state index contributed by atoms with van der Waals surface area (Å²) < 4.78 is 3.20. The molecule has 0 saturated heterocycles. The number of carboxylic acids is 1. The molecule has 2 aromatic carbocycles. The van der Waals surface area contributed by atoms with E-state index >= 15 is 0 Å². The number of rotatable bonds is 6. The Morgan fingerprint density at radius 1 is 1.14 bits per heavy atom. The zero-order chi connectivity index (χ0) is 19.8. The number of hydrogen-bond donors (Lipinski definition) is 3. The van der Waals surface area contributed by atoms with Crippen molar-refractivity contribution in [2.45, 2.75) is 19.0 Å². The number of benzene rings is 2. The number of aliphatic carboxylic acids is 1. The number of nitrogens with one attached hydrogen (secondary N) is 2. The lowest BCUT2D eigenvalue weighted by atomic mass is 10.0. The Morgan fingerprint density at radius 3 is 2.68 bits per heavy atom. The molecule has 2 aromatic heterocycles. The van der Waals surface area contributed by atoms with Crippen LogP contribution in [0.1, 0.15) is 11.1 Å². The molecule has 7 heteroatoms. The van der Waals surface area contributed by atoms with Gasteiger partial charge in [0.25, 0.3) is 0 Å². The maximum atomic E-state index is 12.1. The van der Waals surface area contributed by atoms with Crippen molar-refractivity contribution in [1.29, 1.82) is 0 Å². The zero-order valence-electron chi connectivity index (χ0n) is 15.8. The number of hydrogen-bond acceptors (Lipinski definition) is 3. The third-order valence-electron chi connectivity index (χ3n) is 5.29. The fourth-order valence-electron chi connectivity index (χ4n) is 3.67. The Balaban J connectivity index is 1.54. The van der Waals surface area contributed by atoms with Gasteiger partial charge in [-0.3, -0.25) is 13.9 Å². The predicted molar refractivity (Wildman–Crippen MR) is 108 cm³/mol. The molecule has 0 aliphatic heterocycles. The Labute approximate surface area is 161 Å². The van der Waals surface area contributed by atoms with Gasteiger partial charge in [0.1, 0.15) is 6.04 Å². The van der Waals surface area contributed by atoms with E-state index in [-0.39, 0.29) is 5.69 Å². The molecule has 1 atom stereocenters. The van der Waals surface area contributed by atoms with Crippen LogP contribution >= 0.6 is 0 Å². The first-order valence-electron chi connectivity index (χ1n) is 9.11. The number of H-pyrrole nitrogens is 1. The topological polar surface area (TPSA) is 92.0 Å². The van der Waals surface area contributed by atoms with Gasteiger partial charge in [-0.1, -0.05) is 24.3 Å². The summed E-state index contributed by atoms with van der Waals surface area (Å²) in [5.41, 5.74) is 4.50. The number of aromatic nitrogens is 3. The lowest BCUT2D eigenvalue weighted by molar-refractivity contribution is -0.139. The van der Waals surface area contributed by atoms with Gasteiger partial charge >= 0.3 is 11.7 Å². The van der Waals surface area contributed by atoms with E-state index in [4.69, 9.17) is 0 Å². The average Bonchev–Trinajstić information content (AvgIpc) is 3.20. The van der Waals surface area contributed by atoms with Crippen LogP contribution < -0.4 is 11.0 Å². The molecule has 3 N–H and O–H groups in total. The quantitative estimate of drug-likeness (QED) is 0.479. The van der Waals surface area contributed by atoms with E-state index in [1.807, 2.05) is 48.7 Å². The Kier molecular flexibility index (Phi) is 4.52. The second kappa shape index (κ2) is 7.01. The average molecular weight is 378 g/mol. The summed E-state index contributed by atoms with van der Waals surface area (Å²) >= 11 is 0. The van der Waals surface area contributed by atoms with Crippen LogP contribution in [0.4, 0.5) is 0 Å². The molecule has 0 aliphatic carbocycles. The standard InChI is InChI=1S/C21H22N4O3/c1-24-18-8-7-13(9-19(18)25(2)21(24)28)11-22-17(20(26)27)10-14-12-23-16-6-4-3-5-15(14)16/h3-9,12,17,22-23H,10-11H2,1-2H3,(H,26,27)/t17-/m0/s1. The van der Waals surface area contributed by atoms with Gasteiger partial charge in [0.05, 0.1) is 11.0 Å². The predicted octanol–water partition coefficient (Wildman–Crippen LogP) is 2.14. The summed E-state index contributed by atoms with van der Waals surface area (Å²) in [7, 11) is 3.48. The monoisotopic (exact) mass is 378 g/mol. The van der Waals surface area contributed by atoms with Crippen LogP contribution in [0.2, 0.25) is 0 Å².